The minimum absolute atomic E-state index is 0.00469. The smallest absolute Gasteiger partial charge is 0.301 e. The molecular weight excluding hydrogens is 595 g/mol. The third-order valence-electron chi connectivity index (χ3n) is 7.56. The summed E-state index contributed by atoms with van der Waals surface area (Å²) in [6.45, 7) is 6.78. The highest BCUT2D eigenvalue weighted by Gasteiger charge is 2.48. The molecular formula is C34H33N3O5S2. The van der Waals surface area contributed by atoms with Crippen molar-refractivity contribution in [2.45, 2.75) is 55.9 Å². The second-order valence-electron chi connectivity index (χ2n) is 11.4. The van der Waals surface area contributed by atoms with Gasteiger partial charge in [-0.2, -0.15) is 0 Å². The van der Waals surface area contributed by atoms with Crippen LogP contribution in [0.2, 0.25) is 0 Å². The minimum Gasteiger partial charge on any atom is -0.507 e. The molecule has 2 aliphatic heterocycles. The van der Waals surface area contributed by atoms with Crippen molar-refractivity contribution in [3.05, 3.63) is 101 Å². The Hall–Kier alpha value is -4.15. The van der Waals surface area contributed by atoms with E-state index in [1.165, 1.54) is 28.0 Å². The molecule has 10 heteroatoms. The van der Waals surface area contributed by atoms with Crippen LogP contribution >= 0.6 is 23.1 Å². The van der Waals surface area contributed by atoms with Crippen molar-refractivity contribution in [3.8, 4) is 11.5 Å². The topological polar surface area (TPSA) is 102 Å². The highest BCUT2D eigenvalue weighted by atomic mass is 32.2. The van der Waals surface area contributed by atoms with Gasteiger partial charge in [0.15, 0.2) is 4.34 Å². The zero-order valence-electron chi connectivity index (χ0n) is 24.7. The lowest BCUT2D eigenvalue weighted by Crippen LogP contribution is -2.29. The Labute approximate surface area is 264 Å². The summed E-state index contributed by atoms with van der Waals surface area (Å²) in [5, 5.41) is 20.6. The molecule has 1 amide bonds. The van der Waals surface area contributed by atoms with Gasteiger partial charge in [-0.05, 0) is 66.3 Å². The Kier molecular flexibility index (Phi) is 8.72. The molecule has 44 heavy (non-hydrogen) atoms. The Morgan fingerprint density at radius 1 is 1.09 bits per heavy atom. The van der Waals surface area contributed by atoms with Crippen molar-refractivity contribution < 1.29 is 24.2 Å². The highest BCUT2D eigenvalue weighted by Crippen LogP contribution is 2.45. The normalized spacial score (nSPS) is 19.0. The second kappa shape index (κ2) is 12.8. The number of carbonyl (C=O) groups is 2. The summed E-state index contributed by atoms with van der Waals surface area (Å²) >= 11 is 2.75. The van der Waals surface area contributed by atoms with E-state index in [0.29, 0.717) is 45.9 Å². The molecule has 1 N–H and O–H groups in total. The number of hydrogen-bond donors (Lipinski definition) is 1. The second-order valence-corrected chi connectivity index (χ2v) is 13.5. The quantitative estimate of drug-likeness (QED) is 0.0647. The molecule has 6 rings (SSSR count). The van der Waals surface area contributed by atoms with Gasteiger partial charge < -0.3 is 14.6 Å². The van der Waals surface area contributed by atoms with Crippen molar-refractivity contribution in [1.82, 2.24) is 10.2 Å². The Balaban J connectivity index is 1.38. The number of ketones is 1. The van der Waals surface area contributed by atoms with Gasteiger partial charge in [-0.25, -0.2) is 0 Å². The summed E-state index contributed by atoms with van der Waals surface area (Å²) in [4.78, 5) is 28.8. The van der Waals surface area contributed by atoms with Gasteiger partial charge in [0.2, 0.25) is 5.13 Å². The van der Waals surface area contributed by atoms with Gasteiger partial charge in [-0.1, -0.05) is 79.4 Å². The van der Waals surface area contributed by atoms with Crippen LogP contribution in [0.3, 0.4) is 0 Å². The number of aromatic nitrogens is 2. The van der Waals surface area contributed by atoms with E-state index in [4.69, 9.17) is 9.47 Å². The number of nitrogens with zero attached hydrogens (tertiary/aromatic N) is 3. The largest absolute Gasteiger partial charge is 0.507 e. The van der Waals surface area contributed by atoms with Gasteiger partial charge in [-0.3, -0.25) is 14.5 Å². The van der Waals surface area contributed by atoms with Crippen LogP contribution in [0.25, 0.3) is 5.76 Å². The van der Waals surface area contributed by atoms with Crippen LogP contribution in [-0.4, -0.2) is 39.7 Å². The van der Waals surface area contributed by atoms with Gasteiger partial charge in [0.1, 0.15) is 23.4 Å². The fraction of sp³-hybridized carbons (Fsp3) is 0.294. The maximum Gasteiger partial charge on any atom is 0.301 e. The van der Waals surface area contributed by atoms with Crippen molar-refractivity contribution in [2.24, 2.45) is 5.92 Å². The molecule has 226 valence electrons. The lowest BCUT2D eigenvalue weighted by Gasteiger charge is -2.23. The molecule has 4 aromatic rings. The molecule has 0 bridgehead atoms. The molecule has 0 saturated carbocycles. The Morgan fingerprint density at radius 2 is 1.91 bits per heavy atom. The fourth-order valence-corrected chi connectivity index (χ4v) is 7.16. The number of ether oxygens (including phenoxy) is 2. The first-order valence-corrected chi connectivity index (χ1v) is 16.4. The SMILES string of the molecule is CC(C)CCOc1cccc([C@@H]2/C(=C(\O)c3ccc4c(c3)C[C@H](C)O4)C(=O)C(=O)N2c2nnc(SCc3ccccc3)s2)c1. The van der Waals surface area contributed by atoms with E-state index in [2.05, 4.69) is 24.0 Å². The van der Waals surface area contributed by atoms with E-state index >= 15 is 0 Å². The van der Waals surface area contributed by atoms with E-state index in [0.717, 1.165) is 23.3 Å². The molecule has 0 unspecified atom stereocenters. The lowest BCUT2D eigenvalue weighted by atomic mass is 9.94. The average Bonchev–Trinajstić information content (AvgIpc) is 3.71. The molecule has 2 aliphatic rings. The first kappa shape index (κ1) is 29.9. The molecule has 1 saturated heterocycles. The monoisotopic (exact) mass is 627 g/mol. The van der Waals surface area contributed by atoms with Gasteiger partial charge in [0.05, 0.1) is 18.2 Å². The average molecular weight is 628 g/mol. The predicted molar refractivity (Wildman–Crippen MR) is 172 cm³/mol. The zero-order valence-corrected chi connectivity index (χ0v) is 26.4. The van der Waals surface area contributed by atoms with Crippen LogP contribution in [0.15, 0.2) is 82.7 Å². The van der Waals surface area contributed by atoms with E-state index in [9.17, 15) is 14.7 Å². The van der Waals surface area contributed by atoms with Gasteiger partial charge in [-0.15, -0.1) is 10.2 Å². The third-order valence-corrected chi connectivity index (χ3v) is 9.69. The van der Waals surface area contributed by atoms with Crippen LogP contribution in [0.4, 0.5) is 5.13 Å². The van der Waals surface area contributed by atoms with Crippen molar-refractivity contribution in [2.75, 3.05) is 11.5 Å². The highest BCUT2D eigenvalue weighted by molar-refractivity contribution is 8.00. The standard InChI is InChI=1S/C34H33N3O5S2/c1-20(2)14-15-41-26-11-7-10-23(18-26)29-28(30(38)24-12-13-27-25(17-24)16-21(3)42-27)31(39)32(40)37(29)33-35-36-34(44-33)43-19-22-8-5-4-6-9-22/h4-13,17-18,20-21,29,38H,14-16,19H2,1-3H3/b30-28+/t21-,29+/m0/s1. The molecule has 2 atom stereocenters. The molecule has 1 fully saturated rings. The Morgan fingerprint density at radius 3 is 2.70 bits per heavy atom. The maximum atomic E-state index is 13.7. The van der Waals surface area contributed by atoms with Crippen LogP contribution < -0.4 is 14.4 Å². The fourth-order valence-electron chi connectivity index (χ4n) is 5.33. The number of amides is 1. The summed E-state index contributed by atoms with van der Waals surface area (Å²) in [6, 6.07) is 21.7. The first-order valence-electron chi connectivity index (χ1n) is 14.6. The van der Waals surface area contributed by atoms with E-state index < -0.39 is 17.7 Å². The molecule has 0 radical (unpaired) electrons. The summed E-state index contributed by atoms with van der Waals surface area (Å²) in [6.07, 6.45) is 1.60. The molecule has 8 nitrogen and oxygen atoms in total. The van der Waals surface area contributed by atoms with Crippen molar-refractivity contribution in [3.63, 3.8) is 0 Å². The van der Waals surface area contributed by atoms with E-state index in [1.807, 2.05) is 67.6 Å². The molecule has 0 spiro atoms. The number of thioether (sulfide) groups is 1. The third kappa shape index (κ3) is 6.23. The molecule has 1 aromatic heterocycles. The maximum absolute atomic E-state index is 13.7. The van der Waals surface area contributed by atoms with Gasteiger partial charge in [0.25, 0.3) is 5.78 Å². The number of hydrogen-bond acceptors (Lipinski definition) is 9. The van der Waals surface area contributed by atoms with Crippen molar-refractivity contribution >= 4 is 45.7 Å². The molecule has 3 heterocycles. The number of carbonyl (C=O) groups excluding carboxylic acids is 2. The van der Waals surface area contributed by atoms with Gasteiger partial charge in [0, 0.05) is 17.7 Å². The number of fused-ring (bicyclic) bond motifs is 1. The summed E-state index contributed by atoms with van der Waals surface area (Å²) in [5.41, 5.74) is 3.15. The number of aliphatic hydroxyl groups excluding tert-OH is 1. The first-order chi connectivity index (χ1) is 21.3. The number of rotatable bonds is 10. The number of anilines is 1. The number of Topliss-reactive ketones (excluding diaryl/α,β-unsaturated/α-hetero) is 1. The number of aliphatic hydroxyl groups is 1. The van der Waals surface area contributed by atoms with Crippen LogP contribution in [0.5, 0.6) is 11.5 Å². The summed E-state index contributed by atoms with van der Waals surface area (Å²) in [5.74, 6) is 0.757. The van der Waals surface area contributed by atoms with Crippen LogP contribution in [0.1, 0.15) is 55.5 Å². The van der Waals surface area contributed by atoms with Crippen molar-refractivity contribution in [1.29, 1.82) is 0 Å². The molecule has 3 aromatic carbocycles. The molecule has 0 aliphatic carbocycles. The Bertz CT molecular complexity index is 1720. The van der Waals surface area contributed by atoms with Crippen LogP contribution in [-0.2, 0) is 21.8 Å². The minimum atomic E-state index is -0.924. The zero-order chi connectivity index (χ0) is 30.8. The predicted octanol–water partition coefficient (Wildman–Crippen LogP) is 7.21. The number of benzene rings is 3. The summed E-state index contributed by atoms with van der Waals surface area (Å²) < 4.78 is 12.5. The lowest BCUT2D eigenvalue weighted by molar-refractivity contribution is -0.132. The van der Waals surface area contributed by atoms with E-state index in [-0.39, 0.29) is 22.6 Å². The summed E-state index contributed by atoms with van der Waals surface area (Å²) in [7, 11) is 0. The van der Waals surface area contributed by atoms with Gasteiger partial charge >= 0.3 is 5.91 Å². The van der Waals surface area contributed by atoms with Crippen LogP contribution in [0, 0.1) is 5.92 Å². The van der Waals surface area contributed by atoms with E-state index in [1.54, 1.807) is 12.1 Å².